The highest BCUT2D eigenvalue weighted by molar-refractivity contribution is 9.10. The molecule has 3 aromatic rings. The Kier molecular flexibility index (Phi) is 3.04. The molecule has 1 atom stereocenters. The number of halogens is 1. The first-order valence-corrected chi connectivity index (χ1v) is 6.59. The Balaban J connectivity index is 2.15. The second-order valence-electron chi connectivity index (χ2n) is 4.26. The molecule has 0 amide bonds. The second kappa shape index (κ2) is 4.71. The van der Waals surface area contributed by atoms with E-state index in [2.05, 4.69) is 31.1 Å². The molecule has 0 aliphatic carbocycles. The molecule has 0 fully saturated rings. The molecule has 2 N–H and O–H groups in total. The third-order valence-electron chi connectivity index (χ3n) is 2.72. The van der Waals surface area contributed by atoms with Crippen molar-refractivity contribution in [2.24, 2.45) is 5.73 Å². The van der Waals surface area contributed by atoms with Crippen molar-refractivity contribution in [1.29, 1.82) is 0 Å². The fourth-order valence-electron chi connectivity index (χ4n) is 1.76. The van der Waals surface area contributed by atoms with Gasteiger partial charge in [0.25, 0.3) is 0 Å². The Morgan fingerprint density at radius 3 is 2.79 bits per heavy atom. The molecule has 1 aromatic carbocycles. The van der Waals surface area contributed by atoms with Gasteiger partial charge < -0.3 is 10.3 Å². The number of pyridine rings is 1. The van der Waals surface area contributed by atoms with Crippen molar-refractivity contribution in [1.82, 2.24) is 15.1 Å². The molecule has 0 saturated carbocycles. The second-order valence-corrected chi connectivity index (χ2v) is 5.11. The summed E-state index contributed by atoms with van der Waals surface area (Å²) in [4.78, 5) is 8.80. The van der Waals surface area contributed by atoms with Gasteiger partial charge in [0.2, 0.25) is 11.7 Å². The Morgan fingerprint density at radius 2 is 2.05 bits per heavy atom. The van der Waals surface area contributed by atoms with Crippen molar-refractivity contribution in [3.63, 3.8) is 0 Å². The maximum absolute atomic E-state index is 5.71. The fourth-order valence-corrected chi connectivity index (χ4v) is 2.28. The smallest absolute Gasteiger partial charge is 0.243 e. The first kappa shape index (κ1) is 12.3. The predicted octanol–water partition coefficient (Wildman–Crippen LogP) is 3.07. The summed E-state index contributed by atoms with van der Waals surface area (Å²) < 4.78 is 5.92. The van der Waals surface area contributed by atoms with Gasteiger partial charge in [-0.25, -0.2) is 4.98 Å². The fraction of sp³-hybridized carbons (Fsp3) is 0.154. The van der Waals surface area contributed by atoms with E-state index in [1.807, 2.05) is 30.3 Å². The molecule has 19 heavy (non-hydrogen) atoms. The lowest BCUT2D eigenvalue weighted by Gasteiger charge is -2.02. The number of aromatic nitrogens is 3. The number of nitrogens with two attached hydrogens (primary N) is 1. The third kappa shape index (κ3) is 2.24. The molecule has 5 nitrogen and oxygen atoms in total. The number of hydrogen-bond acceptors (Lipinski definition) is 5. The quantitative estimate of drug-likeness (QED) is 0.785. The first-order valence-electron chi connectivity index (χ1n) is 5.80. The highest BCUT2D eigenvalue weighted by Crippen LogP contribution is 2.28. The lowest BCUT2D eigenvalue weighted by Crippen LogP contribution is -2.04. The van der Waals surface area contributed by atoms with Gasteiger partial charge in [0, 0.05) is 9.86 Å². The van der Waals surface area contributed by atoms with E-state index < -0.39 is 0 Å². The van der Waals surface area contributed by atoms with E-state index in [-0.39, 0.29) is 6.04 Å². The van der Waals surface area contributed by atoms with Gasteiger partial charge in [0.15, 0.2) is 0 Å². The molecular weight excluding hydrogens is 308 g/mol. The van der Waals surface area contributed by atoms with Crippen molar-refractivity contribution in [3.8, 4) is 11.5 Å². The molecule has 2 aromatic heterocycles. The lowest BCUT2D eigenvalue weighted by molar-refractivity contribution is 0.362. The van der Waals surface area contributed by atoms with E-state index in [0.29, 0.717) is 17.4 Å². The standard InChI is InChI=1S/C13H11BrN4O/c1-7(15)13-17-12(18-19-13)11-9(14)6-8-4-2-3-5-10(8)16-11/h2-7H,15H2,1H3. The van der Waals surface area contributed by atoms with E-state index in [1.165, 1.54) is 0 Å². The molecule has 0 bridgehead atoms. The van der Waals surface area contributed by atoms with Crippen LogP contribution in [0.4, 0.5) is 0 Å². The largest absolute Gasteiger partial charge is 0.337 e. The molecular formula is C13H11BrN4O. The maximum atomic E-state index is 5.71. The summed E-state index contributed by atoms with van der Waals surface area (Å²) in [7, 11) is 0. The van der Waals surface area contributed by atoms with Crippen LogP contribution in [0, 0.1) is 0 Å². The molecule has 6 heteroatoms. The van der Waals surface area contributed by atoms with E-state index in [1.54, 1.807) is 6.92 Å². The van der Waals surface area contributed by atoms with Gasteiger partial charge in [0.1, 0.15) is 5.69 Å². The summed E-state index contributed by atoms with van der Waals surface area (Å²) in [6, 6.07) is 9.55. The molecule has 96 valence electrons. The van der Waals surface area contributed by atoms with Crippen LogP contribution in [-0.4, -0.2) is 15.1 Å². The van der Waals surface area contributed by atoms with E-state index in [0.717, 1.165) is 15.4 Å². The van der Waals surface area contributed by atoms with Crippen LogP contribution in [0.5, 0.6) is 0 Å². The average molecular weight is 319 g/mol. The summed E-state index contributed by atoms with van der Waals surface area (Å²) in [6.45, 7) is 1.79. The Hall–Kier alpha value is -1.79. The van der Waals surface area contributed by atoms with Gasteiger partial charge in [-0.3, -0.25) is 0 Å². The van der Waals surface area contributed by atoms with Gasteiger partial charge in [-0.15, -0.1) is 0 Å². The van der Waals surface area contributed by atoms with Gasteiger partial charge in [-0.2, -0.15) is 4.98 Å². The third-order valence-corrected chi connectivity index (χ3v) is 3.33. The predicted molar refractivity (Wildman–Crippen MR) is 75.3 cm³/mol. The number of benzene rings is 1. The number of rotatable bonds is 2. The van der Waals surface area contributed by atoms with Gasteiger partial charge in [-0.1, -0.05) is 23.4 Å². The van der Waals surface area contributed by atoms with Crippen LogP contribution >= 0.6 is 15.9 Å². The van der Waals surface area contributed by atoms with Crippen molar-refractivity contribution in [3.05, 3.63) is 40.7 Å². The van der Waals surface area contributed by atoms with Crippen LogP contribution in [0.2, 0.25) is 0 Å². The van der Waals surface area contributed by atoms with Crippen molar-refractivity contribution in [2.45, 2.75) is 13.0 Å². The summed E-state index contributed by atoms with van der Waals surface area (Å²) >= 11 is 3.48. The first-order chi connectivity index (χ1) is 9.15. The minimum absolute atomic E-state index is 0.291. The van der Waals surface area contributed by atoms with Crippen LogP contribution in [0.25, 0.3) is 22.4 Å². The molecule has 0 aliphatic heterocycles. The van der Waals surface area contributed by atoms with E-state index >= 15 is 0 Å². The molecule has 1 unspecified atom stereocenters. The van der Waals surface area contributed by atoms with Gasteiger partial charge in [0.05, 0.1) is 11.6 Å². The number of nitrogens with zero attached hydrogens (tertiary/aromatic N) is 3. The molecule has 0 saturated heterocycles. The van der Waals surface area contributed by atoms with Gasteiger partial charge in [-0.05, 0) is 35.0 Å². The topological polar surface area (TPSA) is 77.8 Å². The molecule has 0 spiro atoms. The van der Waals surface area contributed by atoms with Crippen LogP contribution in [0.1, 0.15) is 18.9 Å². The zero-order valence-electron chi connectivity index (χ0n) is 10.2. The number of fused-ring (bicyclic) bond motifs is 1. The summed E-state index contributed by atoms with van der Waals surface area (Å²) in [5.41, 5.74) is 7.24. The normalized spacial score (nSPS) is 12.8. The minimum Gasteiger partial charge on any atom is -0.337 e. The van der Waals surface area contributed by atoms with Crippen LogP contribution in [0.15, 0.2) is 39.3 Å². The van der Waals surface area contributed by atoms with Crippen molar-refractivity contribution < 1.29 is 4.52 Å². The Bertz CT molecular complexity index is 738. The van der Waals surface area contributed by atoms with E-state index in [9.17, 15) is 0 Å². The van der Waals surface area contributed by atoms with E-state index in [4.69, 9.17) is 10.3 Å². The highest BCUT2D eigenvalue weighted by Gasteiger charge is 2.16. The summed E-state index contributed by atoms with van der Waals surface area (Å²) in [5.74, 6) is 0.835. The zero-order chi connectivity index (χ0) is 13.4. The summed E-state index contributed by atoms with van der Waals surface area (Å²) in [5, 5.41) is 4.97. The van der Waals surface area contributed by atoms with Crippen LogP contribution < -0.4 is 5.73 Å². The SMILES string of the molecule is CC(N)c1nc(-c2nc3ccccc3cc2Br)no1. The zero-order valence-corrected chi connectivity index (χ0v) is 11.8. The molecule has 0 radical (unpaired) electrons. The number of para-hydroxylation sites is 1. The van der Waals surface area contributed by atoms with Gasteiger partial charge >= 0.3 is 0 Å². The maximum Gasteiger partial charge on any atom is 0.243 e. The summed E-state index contributed by atoms with van der Waals surface area (Å²) in [6.07, 6.45) is 0. The highest BCUT2D eigenvalue weighted by atomic mass is 79.9. The lowest BCUT2D eigenvalue weighted by atomic mass is 10.2. The van der Waals surface area contributed by atoms with Crippen LogP contribution in [-0.2, 0) is 0 Å². The number of hydrogen-bond donors (Lipinski definition) is 1. The monoisotopic (exact) mass is 318 g/mol. The molecule has 2 heterocycles. The molecule has 3 rings (SSSR count). The van der Waals surface area contributed by atoms with Crippen molar-refractivity contribution in [2.75, 3.05) is 0 Å². The van der Waals surface area contributed by atoms with Crippen molar-refractivity contribution >= 4 is 26.8 Å². The Labute approximate surface area is 118 Å². The van der Waals surface area contributed by atoms with Crippen LogP contribution in [0.3, 0.4) is 0 Å². The Morgan fingerprint density at radius 1 is 1.26 bits per heavy atom. The molecule has 0 aliphatic rings. The average Bonchev–Trinajstić information content (AvgIpc) is 2.87. The minimum atomic E-state index is -0.291.